The molecule has 0 aliphatic rings. The Morgan fingerprint density at radius 1 is 1.11 bits per heavy atom. The van der Waals surface area contributed by atoms with E-state index in [0.29, 0.717) is 36.3 Å². The summed E-state index contributed by atoms with van der Waals surface area (Å²) < 4.78 is 21.4. The molecule has 0 aliphatic heterocycles. The molecule has 8 heteroatoms. The van der Waals surface area contributed by atoms with Crippen LogP contribution in [0, 0.1) is 13.8 Å². The van der Waals surface area contributed by atoms with Gasteiger partial charge in [-0.1, -0.05) is 12.1 Å². The molecule has 28 heavy (non-hydrogen) atoms. The summed E-state index contributed by atoms with van der Waals surface area (Å²) >= 11 is 0. The van der Waals surface area contributed by atoms with Crippen molar-refractivity contribution in [3.8, 4) is 17.2 Å². The van der Waals surface area contributed by atoms with Crippen molar-refractivity contribution in [2.75, 3.05) is 34.9 Å². The fraction of sp³-hybridized carbons (Fsp3) is 0.500. The van der Waals surface area contributed by atoms with Crippen LogP contribution >= 0.6 is 0 Å². The molecule has 0 saturated heterocycles. The van der Waals surface area contributed by atoms with Crippen LogP contribution < -0.4 is 24.8 Å². The van der Waals surface area contributed by atoms with Gasteiger partial charge in [0, 0.05) is 31.6 Å². The van der Waals surface area contributed by atoms with Gasteiger partial charge in [-0.15, -0.1) is 0 Å². The van der Waals surface area contributed by atoms with E-state index >= 15 is 0 Å². The first-order valence-corrected chi connectivity index (χ1v) is 9.11. The Morgan fingerprint density at radius 3 is 2.21 bits per heavy atom. The highest BCUT2D eigenvalue weighted by molar-refractivity contribution is 5.79. The molecule has 2 N–H and O–H groups in total. The molecular formula is C20H30N4O4. The number of ether oxygens (including phenoxy) is 3. The molecule has 2 aromatic rings. The van der Waals surface area contributed by atoms with Crippen LogP contribution in [0.25, 0.3) is 0 Å². The molecule has 0 spiro atoms. The Labute approximate surface area is 166 Å². The number of aliphatic imine (C=N–C) groups is 1. The standard InChI is InChI=1S/C20H30N4O4/c1-12(18-13(2)24-28-14(18)3)10-22-20(21-4)23-11-15-8-16(25-5)19(27-7)17(9-15)26-6/h8-9,12H,10-11H2,1-7H3,(H2,21,22,23). The van der Waals surface area contributed by atoms with Gasteiger partial charge in [-0.2, -0.15) is 0 Å². The van der Waals surface area contributed by atoms with E-state index in [1.807, 2.05) is 26.0 Å². The predicted molar refractivity (Wildman–Crippen MR) is 109 cm³/mol. The van der Waals surface area contributed by atoms with E-state index in [-0.39, 0.29) is 5.92 Å². The SMILES string of the molecule is CN=C(NCc1cc(OC)c(OC)c(OC)c1)NCC(C)c1c(C)noc1C. The van der Waals surface area contributed by atoms with Gasteiger partial charge in [0.05, 0.1) is 27.0 Å². The Bertz CT molecular complexity index is 772. The van der Waals surface area contributed by atoms with Crippen molar-refractivity contribution >= 4 is 5.96 Å². The normalized spacial score (nSPS) is 12.5. The second kappa shape index (κ2) is 9.87. The Kier molecular flexibility index (Phi) is 7.54. The highest BCUT2D eigenvalue weighted by Crippen LogP contribution is 2.38. The zero-order valence-corrected chi connectivity index (χ0v) is 17.7. The fourth-order valence-corrected chi connectivity index (χ4v) is 3.19. The quantitative estimate of drug-likeness (QED) is 0.529. The summed E-state index contributed by atoms with van der Waals surface area (Å²) in [5, 5.41) is 10.7. The lowest BCUT2D eigenvalue weighted by atomic mass is 10.00. The van der Waals surface area contributed by atoms with E-state index < -0.39 is 0 Å². The largest absolute Gasteiger partial charge is 0.493 e. The minimum atomic E-state index is 0.242. The van der Waals surface area contributed by atoms with Gasteiger partial charge in [0.25, 0.3) is 0 Å². The van der Waals surface area contributed by atoms with Gasteiger partial charge >= 0.3 is 0 Å². The van der Waals surface area contributed by atoms with Crippen LogP contribution in [-0.4, -0.2) is 46.0 Å². The zero-order valence-electron chi connectivity index (χ0n) is 17.7. The van der Waals surface area contributed by atoms with Crippen LogP contribution in [0.2, 0.25) is 0 Å². The van der Waals surface area contributed by atoms with Crippen LogP contribution in [0.1, 0.15) is 35.4 Å². The van der Waals surface area contributed by atoms with Crippen molar-refractivity contribution in [3.05, 3.63) is 34.7 Å². The Morgan fingerprint density at radius 2 is 1.75 bits per heavy atom. The Balaban J connectivity index is 2.01. The molecule has 1 atom stereocenters. The van der Waals surface area contributed by atoms with E-state index in [1.165, 1.54) is 0 Å². The second-order valence-electron chi connectivity index (χ2n) is 6.48. The number of nitrogens with zero attached hydrogens (tertiary/aromatic N) is 2. The number of aromatic nitrogens is 1. The van der Waals surface area contributed by atoms with E-state index in [9.17, 15) is 0 Å². The summed E-state index contributed by atoms with van der Waals surface area (Å²) in [5.41, 5.74) is 3.04. The summed E-state index contributed by atoms with van der Waals surface area (Å²) in [6, 6.07) is 3.82. The summed E-state index contributed by atoms with van der Waals surface area (Å²) in [5.74, 6) is 3.61. The van der Waals surface area contributed by atoms with Crippen LogP contribution in [0.5, 0.6) is 17.2 Å². The number of guanidine groups is 1. The van der Waals surface area contributed by atoms with Crippen LogP contribution in [-0.2, 0) is 6.54 Å². The monoisotopic (exact) mass is 390 g/mol. The summed E-state index contributed by atoms with van der Waals surface area (Å²) in [4.78, 5) is 4.29. The molecule has 1 aromatic heterocycles. The number of benzene rings is 1. The molecule has 0 amide bonds. The van der Waals surface area contributed by atoms with E-state index in [2.05, 4.69) is 27.7 Å². The molecule has 2 rings (SSSR count). The van der Waals surface area contributed by atoms with Gasteiger partial charge in [-0.3, -0.25) is 4.99 Å². The number of aryl methyl sites for hydroxylation is 2. The lowest BCUT2D eigenvalue weighted by molar-refractivity contribution is 0.323. The first-order valence-electron chi connectivity index (χ1n) is 9.11. The van der Waals surface area contributed by atoms with Gasteiger partial charge in [0.15, 0.2) is 17.5 Å². The number of hydrogen-bond donors (Lipinski definition) is 2. The smallest absolute Gasteiger partial charge is 0.203 e. The summed E-state index contributed by atoms with van der Waals surface area (Å²) in [6.45, 7) is 7.28. The molecule has 8 nitrogen and oxygen atoms in total. The molecule has 154 valence electrons. The zero-order chi connectivity index (χ0) is 20.7. The van der Waals surface area contributed by atoms with Crippen molar-refractivity contribution in [2.24, 2.45) is 4.99 Å². The predicted octanol–water partition coefficient (Wildman–Crippen LogP) is 2.79. The van der Waals surface area contributed by atoms with Gasteiger partial charge in [-0.25, -0.2) is 0 Å². The molecule has 0 fully saturated rings. The number of rotatable bonds is 8. The number of hydrogen-bond acceptors (Lipinski definition) is 6. The third-order valence-corrected chi connectivity index (χ3v) is 4.57. The van der Waals surface area contributed by atoms with Crippen molar-refractivity contribution < 1.29 is 18.7 Å². The molecule has 0 saturated carbocycles. The van der Waals surface area contributed by atoms with Crippen molar-refractivity contribution in [2.45, 2.75) is 33.2 Å². The van der Waals surface area contributed by atoms with E-state index in [0.717, 1.165) is 22.6 Å². The highest BCUT2D eigenvalue weighted by atomic mass is 16.5. The van der Waals surface area contributed by atoms with Gasteiger partial charge < -0.3 is 29.4 Å². The summed E-state index contributed by atoms with van der Waals surface area (Å²) in [6.07, 6.45) is 0. The first-order chi connectivity index (χ1) is 13.4. The lowest BCUT2D eigenvalue weighted by Crippen LogP contribution is -2.38. The lowest BCUT2D eigenvalue weighted by Gasteiger charge is -2.17. The van der Waals surface area contributed by atoms with Gasteiger partial charge in [-0.05, 0) is 31.5 Å². The molecule has 1 unspecified atom stereocenters. The second-order valence-corrected chi connectivity index (χ2v) is 6.48. The first kappa shape index (κ1) is 21.4. The molecule has 1 heterocycles. The van der Waals surface area contributed by atoms with Crippen molar-refractivity contribution in [1.82, 2.24) is 15.8 Å². The average molecular weight is 390 g/mol. The van der Waals surface area contributed by atoms with Crippen LogP contribution in [0.4, 0.5) is 0 Å². The fourth-order valence-electron chi connectivity index (χ4n) is 3.19. The molecule has 1 aromatic carbocycles. The van der Waals surface area contributed by atoms with Crippen molar-refractivity contribution in [3.63, 3.8) is 0 Å². The van der Waals surface area contributed by atoms with E-state index in [1.54, 1.807) is 28.4 Å². The Hall–Kier alpha value is -2.90. The van der Waals surface area contributed by atoms with Crippen molar-refractivity contribution in [1.29, 1.82) is 0 Å². The third kappa shape index (κ3) is 4.88. The number of nitrogens with one attached hydrogen (secondary N) is 2. The topological polar surface area (TPSA) is 90.1 Å². The maximum Gasteiger partial charge on any atom is 0.203 e. The molecule has 0 radical (unpaired) electrons. The molecule has 0 aliphatic carbocycles. The number of methoxy groups -OCH3 is 3. The highest BCUT2D eigenvalue weighted by Gasteiger charge is 2.17. The maximum atomic E-state index is 5.40. The van der Waals surface area contributed by atoms with Crippen LogP contribution in [0.3, 0.4) is 0 Å². The average Bonchev–Trinajstić information content (AvgIpc) is 3.05. The minimum absolute atomic E-state index is 0.242. The van der Waals surface area contributed by atoms with Gasteiger partial charge in [0.1, 0.15) is 5.76 Å². The molecular weight excluding hydrogens is 360 g/mol. The van der Waals surface area contributed by atoms with E-state index in [4.69, 9.17) is 18.7 Å². The third-order valence-electron chi connectivity index (χ3n) is 4.57. The van der Waals surface area contributed by atoms with Crippen LogP contribution in [0.15, 0.2) is 21.6 Å². The minimum Gasteiger partial charge on any atom is -0.493 e. The maximum absolute atomic E-state index is 5.40. The molecule has 0 bridgehead atoms. The van der Waals surface area contributed by atoms with Gasteiger partial charge in [0.2, 0.25) is 5.75 Å². The summed E-state index contributed by atoms with van der Waals surface area (Å²) in [7, 11) is 6.53.